The number of benzene rings is 1. The molecule has 0 N–H and O–H groups in total. The van der Waals surface area contributed by atoms with Gasteiger partial charge in [-0.2, -0.15) is 11.1 Å². The summed E-state index contributed by atoms with van der Waals surface area (Å²) in [5.41, 5.74) is 0. The Bertz CT molecular complexity index is 302. The van der Waals surface area contributed by atoms with Gasteiger partial charge in [0.1, 0.15) is 0 Å². The van der Waals surface area contributed by atoms with Crippen molar-refractivity contribution in [2.24, 2.45) is 0 Å². The van der Waals surface area contributed by atoms with Crippen LogP contribution in [0, 0.1) is 0 Å². The van der Waals surface area contributed by atoms with E-state index in [4.69, 9.17) is 11.1 Å². The first-order chi connectivity index (χ1) is 6.98. The van der Waals surface area contributed by atoms with Crippen molar-refractivity contribution >= 4 is 23.6 Å². The maximum Gasteiger partial charge on any atom is 0.189 e. The van der Waals surface area contributed by atoms with Crippen LogP contribution in [0.1, 0.15) is 33.6 Å². The molecule has 0 heterocycles. The molecule has 1 unspecified atom stereocenters. The molecule has 2 heteroatoms. The average Bonchev–Trinajstić information content (AvgIpc) is 2.29. The predicted octanol–water partition coefficient (Wildman–Crippen LogP) is 4.29. The first kappa shape index (κ1) is 12.8. The molecule has 0 fully saturated rings. The van der Waals surface area contributed by atoms with E-state index >= 15 is 0 Å². The van der Waals surface area contributed by atoms with Crippen LogP contribution >= 0.6 is 11.1 Å². The zero-order valence-electron chi connectivity index (χ0n) is 10.2. The zero-order chi connectivity index (χ0) is 11.5. The Kier molecular flexibility index (Phi) is 4.02. The van der Waals surface area contributed by atoms with Crippen LogP contribution in [-0.4, -0.2) is 7.38 Å². The summed E-state index contributed by atoms with van der Waals surface area (Å²) in [6.07, 6.45) is 2.31. The van der Waals surface area contributed by atoms with Crippen molar-refractivity contribution < 1.29 is 0 Å². The van der Waals surface area contributed by atoms with Crippen molar-refractivity contribution in [3.8, 4) is 0 Å². The van der Waals surface area contributed by atoms with E-state index in [2.05, 4.69) is 57.7 Å². The summed E-state index contributed by atoms with van der Waals surface area (Å²) >= 11 is 6.91. The fourth-order valence-electron chi connectivity index (χ4n) is 2.01. The van der Waals surface area contributed by atoms with Gasteiger partial charge in [-0.15, -0.1) is 0 Å². The molecule has 0 amide bonds. The van der Waals surface area contributed by atoms with E-state index < -0.39 is 7.38 Å². The van der Waals surface area contributed by atoms with Gasteiger partial charge in [-0.25, -0.2) is 0 Å². The molecule has 1 rings (SSSR count). The number of halogens is 1. The number of hydrogen-bond donors (Lipinski definition) is 0. The van der Waals surface area contributed by atoms with E-state index in [0.29, 0.717) is 0 Å². The monoisotopic (exact) mass is 240 g/mol. The van der Waals surface area contributed by atoms with Crippen molar-refractivity contribution in [3.05, 3.63) is 30.3 Å². The third-order valence-electron chi connectivity index (χ3n) is 4.01. The molecule has 84 valence electrons. The molecular formula is C13H21ClSi. The molecule has 0 radical (unpaired) electrons. The lowest BCUT2D eigenvalue weighted by molar-refractivity contribution is 0.553. The topological polar surface area (TPSA) is 0 Å². The van der Waals surface area contributed by atoms with Crippen molar-refractivity contribution in [3.63, 3.8) is 0 Å². The molecule has 0 saturated carbocycles. The van der Waals surface area contributed by atoms with Crippen LogP contribution in [0.4, 0.5) is 0 Å². The second-order valence-corrected chi connectivity index (χ2v) is 10.7. The van der Waals surface area contributed by atoms with Gasteiger partial charge in [0.25, 0.3) is 0 Å². The summed E-state index contributed by atoms with van der Waals surface area (Å²) in [6, 6.07) is 10.6. The van der Waals surface area contributed by atoms with Gasteiger partial charge in [0.2, 0.25) is 0 Å². The third-order valence-corrected chi connectivity index (χ3v) is 10.4. The highest BCUT2D eigenvalue weighted by molar-refractivity contribution is 7.28. The van der Waals surface area contributed by atoms with Gasteiger partial charge in [0, 0.05) is 0 Å². The zero-order valence-corrected chi connectivity index (χ0v) is 11.9. The summed E-state index contributed by atoms with van der Waals surface area (Å²) in [5.74, 6) is 0. The van der Waals surface area contributed by atoms with E-state index in [9.17, 15) is 0 Å². The van der Waals surface area contributed by atoms with Gasteiger partial charge in [0.05, 0.1) is 0 Å². The molecule has 0 bridgehead atoms. The molecule has 0 spiro atoms. The van der Waals surface area contributed by atoms with Crippen molar-refractivity contribution in [1.29, 1.82) is 0 Å². The Morgan fingerprint density at radius 1 is 1.13 bits per heavy atom. The molecule has 0 aliphatic heterocycles. The SMILES string of the molecule is CCC(C)(CC)[Si](C)(Cl)c1ccccc1. The largest absolute Gasteiger partial charge is 0.189 e. The molecule has 1 atom stereocenters. The number of hydrogen-bond acceptors (Lipinski definition) is 0. The second-order valence-electron chi connectivity index (χ2n) is 4.64. The smallest absolute Gasteiger partial charge is 0.161 e. The van der Waals surface area contributed by atoms with E-state index in [1.54, 1.807) is 0 Å². The van der Waals surface area contributed by atoms with Crippen molar-refractivity contribution in [2.45, 2.75) is 45.2 Å². The lowest BCUT2D eigenvalue weighted by Gasteiger charge is -2.39. The summed E-state index contributed by atoms with van der Waals surface area (Å²) in [7, 11) is -1.86. The van der Waals surface area contributed by atoms with Crippen LogP contribution in [0.2, 0.25) is 11.6 Å². The Hall–Kier alpha value is -0.273. The van der Waals surface area contributed by atoms with Gasteiger partial charge in [0.15, 0.2) is 7.38 Å². The normalized spacial score (nSPS) is 16.1. The predicted molar refractivity (Wildman–Crippen MR) is 72.5 cm³/mol. The minimum atomic E-state index is -1.86. The van der Waals surface area contributed by atoms with E-state index in [1.807, 2.05) is 0 Å². The first-order valence-corrected chi connectivity index (χ1v) is 9.23. The first-order valence-electron chi connectivity index (χ1n) is 5.72. The maximum absolute atomic E-state index is 6.91. The Morgan fingerprint density at radius 3 is 2.00 bits per heavy atom. The van der Waals surface area contributed by atoms with Gasteiger partial charge in [-0.3, -0.25) is 0 Å². The molecule has 0 saturated heterocycles. The summed E-state index contributed by atoms with van der Waals surface area (Å²) in [6.45, 7) is 9.11. The maximum atomic E-state index is 6.91. The molecule has 1 aromatic carbocycles. The molecule has 1 aromatic rings. The number of rotatable bonds is 4. The van der Waals surface area contributed by atoms with Gasteiger partial charge in [-0.1, -0.05) is 70.5 Å². The van der Waals surface area contributed by atoms with Crippen LogP contribution in [-0.2, 0) is 0 Å². The van der Waals surface area contributed by atoms with E-state index in [-0.39, 0.29) is 5.04 Å². The molecule has 15 heavy (non-hydrogen) atoms. The molecule has 0 aromatic heterocycles. The van der Waals surface area contributed by atoms with Crippen molar-refractivity contribution in [2.75, 3.05) is 0 Å². The highest BCUT2D eigenvalue weighted by Gasteiger charge is 2.44. The van der Waals surface area contributed by atoms with Crippen LogP contribution in [0.5, 0.6) is 0 Å². The summed E-state index contributed by atoms with van der Waals surface area (Å²) in [4.78, 5) is 0. The fraction of sp³-hybridized carbons (Fsp3) is 0.538. The third kappa shape index (κ3) is 2.29. The Labute approximate surface area is 99.4 Å². The van der Waals surface area contributed by atoms with Crippen LogP contribution < -0.4 is 5.19 Å². The highest BCUT2D eigenvalue weighted by Crippen LogP contribution is 2.45. The van der Waals surface area contributed by atoms with Crippen LogP contribution in [0.3, 0.4) is 0 Å². The Balaban J connectivity index is 3.12. The van der Waals surface area contributed by atoms with Gasteiger partial charge < -0.3 is 0 Å². The van der Waals surface area contributed by atoms with E-state index in [1.165, 1.54) is 5.19 Å². The highest BCUT2D eigenvalue weighted by atomic mass is 35.6. The Morgan fingerprint density at radius 2 is 1.60 bits per heavy atom. The van der Waals surface area contributed by atoms with Crippen LogP contribution in [0.15, 0.2) is 30.3 Å². The van der Waals surface area contributed by atoms with Gasteiger partial charge >= 0.3 is 0 Å². The lowest BCUT2D eigenvalue weighted by Crippen LogP contribution is -2.49. The minimum Gasteiger partial charge on any atom is -0.161 e. The summed E-state index contributed by atoms with van der Waals surface area (Å²) < 4.78 is 0. The molecular weight excluding hydrogens is 220 g/mol. The van der Waals surface area contributed by atoms with Crippen LogP contribution in [0.25, 0.3) is 0 Å². The molecule has 0 nitrogen and oxygen atoms in total. The lowest BCUT2D eigenvalue weighted by atomic mass is 10.1. The fourth-order valence-corrected chi connectivity index (χ4v) is 6.04. The standard InChI is InChI=1S/C13H21ClSi/c1-5-13(3,6-2)15(4,14)12-10-8-7-9-11-12/h7-11H,5-6H2,1-4H3. The molecule has 0 aliphatic rings. The minimum absolute atomic E-state index is 0.288. The quantitative estimate of drug-likeness (QED) is 0.544. The molecule has 0 aliphatic carbocycles. The second kappa shape index (κ2) is 4.71. The van der Waals surface area contributed by atoms with E-state index in [0.717, 1.165) is 12.8 Å². The van der Waals surface area contributed by atoms with Crippen molar-refractivity contribution in [1.82, 2.24) is 0 Å². The summed E-state index contributed by atoms with van der Waals surface area (Å²) in [5, 5.41) is 1.65. The van der Waals surface area contributed by atoms with Gasteiger partial charge in [-0.05, 0) is 10.2 Å². The average molecular weight is 241 g/mol.